The Kier molecular flexibility index (Phi) is 4.96. The third kappa shape index (κ3) is 3.42. The zero-order valence-electron chi connectivity index (χ0n) is 15.8. The van der Waals surface area contributed by atoms with Gasteiger partial charge in [0.1, 0.15) is 5.76 Å². The van der Waals surface area contributed by atoms with Gasteiger partial charge in [0, 0.05) is 38.2 Å². The second kappa shape index (κ2) is 6.94. The third-order valence-electron chi connectivity index (χ3n) is 4.72. The van der Waals surface area contributed by atoms with Crippen LogP contribution in [0.25, 0.3) is 0 Å². The highest BCUT2D eigenvalue weighted by Gasteiger charge is 2.29. The average molecular weight is 390 g/mol. The molecule has 0 fully saturated rings. The Hall–Kier alpha value is -2.45. The van der Waals surface area contributed by atoms with E-state index in [-0.39, 0.29) is 16.4 Å². The molecule has 0 spiro atoms. The molecule has 0 bridgehead atoms. The van der Waals surface area contributed by atoms with E-state index in [4.69, 9.17) is 4.42 Å². The van der Waals surface area contributed by atoms with Gasteiger partial charge in [0.05, 0.1) is 10.5 Å². The predicted molar refractivity (Wildman–Crippen MR) is 101 cm³/mol. The van der Waals surface area contributed by atoms with Gasteiger partial charge in [-0.05, 0) is 38.0 Å². The first-order chi connectivity index (χ1) is 12.6. The SMILES string of the molecule is Cc1ccc(NC(=O)c2oc3c(c2C)C(=O)CCC3)cc1S(=O)(=O)N(C)C. The van der Waals surface area contributed by atoms with Crippen LogP contribution in [0.5, 0.6) is 0 Å². The van der Waals surface area contributed by atoms with Crippen molar-refractivity contribution in [1.29, 1.82) is 0 Å². The van der Waals surface area contributed by atoms with Crippen molar-refractivity contribution in [1.82, 2.24) is 4.31 Å². The lowest BCUT2D eigenvalue weighted by molar-refractivity contribution is 0.0963. The second-order valence-electron chi connectivity index (χ2n) is 6.85. The predicted octanol–water partition coefficient (Wildman–Crippen LogP) is 2.92. The summed E-state index contributed by atoms with van der Waals surface area (Å²) in [6.45, 7) is 3.38. The summed E-state index contributed by atoms with van der Waals surface area (Å²) in [7, 11) is -0.730. The van der Waals surface area contributed by atoms with Crippen molar-refractivity contribution in [2.24, 2.45) is 0 Å². The Morgan fingerprint density at radius 2 is 1.89 bits per heavy atom. The lowest BCUT2D eigenvalue weighted by Gasteiger charge is -2.15. The molecule has 0 aliphatic heterocycles. The number of benzene rings is 1. The van der Waals surface area contributed by atoms with Gasteiger partial charge in [-0.15, -0.1) is 0 Å². The van der Waals surface area contributed by atoms with Crippen molar-refractivity contribution in [3.63, 3.8) is 0 Å². The third-order valence-corrected chi connectivity index (χ3v) is 6.67. The summed E-state index contributed by atoms with van der Waals surface area (Å²) < 4.78 is 31.6. The molecule has 7 nitrogen and oxygen atoms in total. The van der Waals surface area contributed by atoms with Crippen molar-refractivity contribution in [3.05, 3.63) is 46.4 Å². The Balaban J connectivity index is 1.93. The lowest BCUT2D eigenvalue weighted by Crippen LogP contribution is -2.23. The number of carbonyl (C=O) groups excluding carboxylic acids is 2. The van der Waals surface area contributed by atoms with E-state index in [2.05, 4.69) is 5.32 Å². The number of nitrogens with one attached hydrogen (secondary N) is 1. The molecule has 0 radical (unpaired) electrons. The molecule has 0 saturated carbocycles. The van der Waals surface area contributed by atoms with E-state index in [1.165, 1.54) is 20.2 Å². The molecule has 1 aliphatic carbocycles. The summed E-state index contributed by atoms with van der Waals surface area (Å²) >= 11 is 0. The molecule has 1 amide bonds. The quantitative estimate of drug-likeness (QED) is 0.866. The molecular weight excluding hydrogens is 368 g/mol. The number of amides is 1. The Morgan fingerprint density at radius 1 is 1.19 bits per heavy atom. The summed E-state index contributed by atoms with van der Waals surface area (Å²) in [5.74, 6) is 0.125. The molecule has 0 atom stereocenters. The van der Waals surface area contributed by atoms with Crippen LogP contribution in [0.4, 0.5) is 5.69 Å². The second-order valence-corrected chi connectivity index (χ2v) is 8.97. The molecule has 1 aromatic heterocycles. The largest absolute Gasteiger partial charge is 0.455 e. The fraction of sp³-hybridized carbons (Fsp3) is 0.368. The van der Waals surface area contributed by atoms with Gasteiger partial charge in [-0.2, -0.15) is 0 Å². The molecule has 8 heteroatoms. The maximum Gasteiger partial charge on any atom is 0.291 e. The van der Waals surface area contributed by atoms with E-state index in [9.17, 15) is 18.0 Å². The number of fused-ring (bicyclic) bond motifs is 1. The summed E-state index contributed by atoms with van der Waals surface area (Å²) in [5.41, 5.74) is 1.95. The molecule has 1 aliphatic rings. The number of hydrogen-bond acceptors (Lipinski definition) is 5. The number of anilines is 1. The van der Waals surface area contributed by atoms with Crippen LogP contribution < -0.4 is 5.32 Å². The smallest absolute Gasteiger partial charge is 0.291 e. The van der Waals surface area contributed by atoms with E-state index in [1.807, 2.05) is 0 Å². The summed E-state index contributed by atoms with van der Waals surface area (Å²) in [6.07, 6.45) is 1.80. The molecule has 2 aromatic rings. The number of aryl methyl sites for hydroxylation is 2. The molecule has 1 aromatic carbocycles. The molecule has 1 heterocycles. The first-order valence-corrected chi connectivity index (χ1v) is 10.1. The minimum atomic E-state index is -3.63. The van der Waals surface area contributed by atoms with Crippen LogP contribution in [0.15, 0.2) is 27.5 Å². The van der Waals surface area contributed by atoms with Gasteiger partial charge in [-0.25, -0.2) is 12.7 Å². The highest BCUT2D eigenvalue weighted by atomic mass is 32.2. The van der Waals surface area contributed by atoms with E-state index < -0.39 is 15.9 Å². The zero-order chi connectivity index (χ0) is 19.9. The highest BCUT2D eigenvalue weighted by molar-refractivity contribution is 7.89. The van der Waals surface area contributed by atoms with Gasteiger partial charge in [-0.1, -0.05) is 6.07 Å². The normalized spacial score (nSPS) is 14.3. The van der Waals surface area contributed by atoms with E-state index >= 15 is 0 Å². The highest BCUT2D eigenvalue weighted by Crippen LogP contribution is 2.30. The minimum absolute atomic E-state index is 0.00810. The summed E-state index contributed by atoms with van der Waals surface area (Å²) in [6, 6.07) is 4.69. The molecule has 0 saturated heterocycles. The fourth-order valence-electron chi connectivity index (χ4n) is 3.21. The first-order valence-electron chi connectivity index (χ1n) is 8.63. The van der Waals surface area contributed by atoms with Gasteiger partial charge in [0.25, 0.3) is 5.91 Å². The van der Waals surface area contributed by atoms with Gasteiger partial charge < -0.3 is 9.73 Å². The molecule has 144 valence electrons. The summed E-state index contributed by atoms with van der Waals surface area (Å²) in [4.78, 5) is 24.9. The van der Waals surface area contributed by atoms with Crippen molar-refractivity contribution >= 4 is 27.4 Å². The topological polar surface area (TPSA) is 96.7 Å². The average Bonchev–Trinajstić information content (AvgIpc) is 2.94. The maximum absolute atomic E-state index is 12.7. The van der Waals surface area contributed by atoms with Crippen LogP contribution in [0.3, 0.4) is 0 Å². The van der Waals surface area contributed by atoms with Crippen LogP contribution in [0.1, 0.15) is 50.6 Å². The lowest BCUT2D eigenvalue weighted by atomic mass is 9.94. The number of hydrogen-bond donors (Lipinski definition) is 1. The number of rotatable bonds is 4. The Morgan fingerprint density at radius 3 is 2.52 bits per heavy atom. The van der Waals surface area contributed by atoms with Gasteiger partial charge in [0.15, 0.2) is 11.5 Å². The standard InChI is InChI=1S/C19H22N2O5S/c1-11-8-9-13(10-16(11)27(24,25)21(3)4)20-19(23)18-12(2)17-14(22)6-5-7-15(17)26-18/h8-10H,5-7H2,1-4H3,(H,20,23). The summed E-state index contributed by atoms with van der Waals surface area (Å²) in [5, 5.41) is 2.67. The van der Waals surface area contributed by atoms with E-state index in [1.54, 1.807) is 26.0 Å². The molecule has 3 rings (SSSR count). The van der Waals surface area contributed by atoms with Crippen LogP contribution in [0.2, 0.25) is 0 Å². The van der Waals surface area contributed by atoms with E-state index in [0.29, 0.717) is 47.4 Å². The van der Waals surface area contributed by atoms with Crippen molar-refractivity contribution in [3.8, 4) is 0 Å². The number of sulfonamides is 1. The number of ketones is 1. The zero-order valence-corrected chi connectivity index (χ0v) is 16.6. The Bertz CT molecular complexity index is 1030. The van der Waals surface area contributed by atoms with Crippen LogP contribution in [-0.4, -0.2) is 38.5 Å². The van der Waals surface area contributed by atoms with Crippen LogP contribution in [0, 0.1) is 13.8 Å². The van der Waals surface area contributed by atoms with Crippen molar-refractivity contribution < 1.29 is 22.4 Å². The monoisotopic (exact) mass is 390 g/mol. The van der Waals surface area contributed by atoms with Gasteiger partial charge in [0.2, 0.25) is 10.0 Å². The number of Topliss-reactive ketones (excluding diaryl/α,β-unsaturated/α-hetero) is 1. The minimum Gasteiger partial charge on any atom is -0.455 e. The van der Waals surface area contributed by atoms with Crippen LogP contribution in [-0.2, 0) is 16.4 Å². The van der Waals surface area contributed by atoms with Crippen LogP contribution >= 0.6 is 0 Å². The molecule has 0 unspecified atom stereocenters. The number of nitrogens with zero attached hydrogens (tertiary/aromatic N) is 1. The maximum atomic E-state index is 12.7. The number of carbonyl (C=O) groups is 2. The van der Waals surface area contributed by atoms with Crippen molar-refractivity contribution in [2.75, 3.05) is 19.4 Å². The molecule has 1 N–H and O–H groups in total. The molecular formula is C19H22N2O5S. The van der Waals surface area contributed by atoms with Crippen molar-refractivity contribution in [2.45, 2.75) is 38.0 Å². The Labute approximate surface area is 158 Å². The van der Waals surface area contributed by atoms with E-state index in [0.717, 1.165) is 4.31 Å². The molecule has 27 heavy (non-hydrogen) atoms. The fourth-order valence-corrected chi connectivity index (χ4v) is 4.35. The first kappa shape index (κ1) is 19.3. The van der Waals surface area contributed by atoms with Gasteiger partial charge in [-0.3, -0.25) is 9.59 Å². The number of furan rings is 1. The van der Waals surface area contributed by atoms with Gasteiger partial charge >= 0.3 is 0 Å².